The van der Waals surface area contributed by atoms with Crippen LogP contribution >= 0.6 is 24.2 Å². The fraction of sp³-hybridized carbons (Fsp3) is 0.533. The van der Waals surface area contributed by atoms with Crippen molar-refractivity contribution >= 4 is 30.1 Å². The highest BCUT2D eigenvalue weighted by Gasteiger charge is 2.20. The molecule has 1 atom stereocenters. The first-order valence-electron chi connectivity index (χ1n) is 6.82. The molecule has 1 saturated heterocycles. The average Bonchev–Trinajstić information content (AvgIpc) is 2.38. The van der Waals surface area contributed by atoms with Crippen molar-refractivity contribution in [2.75, 3.05) is 18.8 Å². The van der Waals surface area contributed by atoms with Gasteiger partial charge in [0.2, 0.25) is 5.91 Å². The molecule has 0 bridgehead atoms. The molecule has 1 aromatic rings. The Hall–Kier alpha value is -0.710. The number of rotatable bonds is 4. The number of amides is 1. The Morgan fingerprint density at radius 3 is 3.00 bits per heavy atom. The molecule has 1 aliphatic rings. The Bertz CT molecular complexity index is 442. The summed E-state index contributed by atoms with van der Waals surface area (Å²) in [6, 6.07) is 8.61. The van der Waals surface area contributed by atoms with E-state index in [0.29, 0.717) is 5.75 Å². The Kier molecular flexibility index (Phi) is 7.41. The Morgan fingerprint density at radius 2 is 2.30 bits per heavy atom. The van der Waals surface area contributed by atoms with Gasteiger partial charge in [-0.15, -0.1) is 24.2 Å². The predicted octanol–water partition coefficient (Wildman–Crippen LogP) is 2.60. The minimum absolute atomic E-state index is 0. The topological polar surface area (TPSA) is 46.3 Å². The minimum Gasteiger partial charge on any atom is -0.340 e. The number of carbonyl (C=O) groups excluding carboxylic acids is 1. The normalized spacial score (nSPS) is 18.5. The largest absolute Gasteiger partial charge is 0.340 e. The third-order valence-corrected chi connectivity index (χ3v) is 4.38. The minimum atomic E-state index is 0. The van der Waals surface area contributed by atoms with Crippen LogP contribution in [0, 0.1) is 6.92 Å². The van der Waals surface area contributed by atoms with Crippen LogP contribution < -0.4 is 5.73 Å². The van der Waals surface area contributed by atoms with Crippen molar-refractivity contribution in [1.29, 1.82) is 0 Å². The lowest BCUT2D eigenvalue weighted by atomic mass is 10.1. The molecule has 1 amide bonds. The summed E-state index contributed by atoms with van der Waals surface area (Å²) in [5, 5.41) is 0. The standard InChI is InChI=1S/C15H22N2OS.ClH/c1-12-4-2-5-13(8-12)10-19-11-15(18)17-7-3-6-14(16)9-17;/h2,4-5,8,14H,3,6-7,9-11,16H2,1H3;1H. The Balaban J connectivity index is 0.00000200. The van der Waals surface area contributed by atoms with E-state index in [1.165, 1.54) is 11.1 Å². The molecule has 0 aromatic heterocycles. The maximum Gasteiger partial charge on any atom is 0.232 e. The summed E-state index contributed by atoms with van der Waals surface area (Å²) in [4.78, 5) is 14.0. The summed E-state index contributed by atoms with van der Waals surface area (Å²) in [6.45, 7) is 3.69. The van der Waals surface area contributed by atoms with Crippen LogP contribution in [0.3, 0.4) is 0 Å². The first kappa shape index (κ1) is 17.3. The molecule has 1 fully saturated rings. The van der Waals surface area contributed by atoms with Crippen molar-refractivity contribution in [3.05, 3.63) is 35.4 Å². The van der Waals surface area contributed by atoms with E-state index in [0.717, 1.165) is 31.7 Å². The molecule has 0 radical (unpaired) electrons. The zero-order valence-electron chi connectivity index (χ0n) is 11.9. The van der Waals surface area contributed by atoms with Crippen molar-refractivity contribution in [3.8, 4) is 0 Å². The highest BCUT2D eigenvalue weighted by atomic mass is 35.5. The summed E-state index contributed by atoms with van der Waals surface area (Å²) >= 11 is 1.69. The second-order valence-corrected chi connectivity index (χ2v) is 6.21. The van der Waals surface area contributed by atoms with Crippen molar-refractivity contribution in [1.82, 2.24) is 4.90 Å². The smallest absolute Gasteiger partial charge is 0.232 e. The number of nitrogens with zero attached hydrogens (tertiary/aromatic N) is 1. The summed E-state index contributed by atoms with van der Waals surface area (Å²) in [7, 11) is 0. The second kappa shape index (κ2) is 8.55. The number of hydrogen-bond acceptors (Lipinski definition) is 3. The summed E-state index contributed by atoms with van der Waals surface area (Å²) < 4.78 is 0. The Morgan fingerprint density at radius 1 is 1.50 bits per heavy atom. The number of aryl methyl sites for hydroxylation is 1. The van der Waals surface area contributed by atoms with Gasteiger partial charge in [0, 0.05) is 24.9 Å². The molecule has 2 N–H and O–H groups in total. The highest BCUT2D eigenvalue weighted by molar-refractivity contribution is 7.99. The molecule has 20 heavy (non-hydrogen) atoms. The molecule has 5 heteroatoms. The lowest BCUT2D eigenvalue weighted by Gasteiger charge is -2.30. The first-order valence-corrected chi connectivity index (χ1v) is 7.97. The summed E-state index contributed by atoms with van der Waals surface area (Å²) in [5.41, 5.74) is 8.45. The molecular formula is C15H23ClN2OS. The van der Waals surface area contributed by atoms with Crippen molar-refractivity contribution in [3.63, 3.8) is 0 Å². The summed E-state index contributed by atoms with van der Waals surface area (Å²) in [6.07, 6.45) is 2.08. The van der Waals surface area contributed by atoms with Gasteiger partial charge in [0.25, 0.3) is 0 Å². The van der Waals surface area contributed by atoms with Crippen LogP contribution in [0.25, 0.3) is 0 Å². The maximum absolute atomic E-state index is 12.1. The molecule has 0 aliphatic carbocycles. The van der Waals surface area contributed by atoms with E-state index < -0.39 is 0 Å². The molecule has 3 nitrogen and oxygen atoms in total. The first-order chi connectivity index (χ1) is 9.15. The zero-order valence-corrected chi connectivity index (χ0v) is 13.5. The molecule has 0 saturated carbocycles. The van der Waals surface area contributed by atoms with Gasteiger partial charge in [0.05, 0.1) is 5.75 Å². The van der Waals surface area contributed by atoms with Crippen LogP contribution in [0.2, 0.25) is 0 Å². The van der Waals surface area contributed by atoms with Crippen LogP contribution in [0.1, 0.15) is 24.0 Å². The van der Waals surface area contributed by atoms with E-state index >= 15 is 0 Å². The van der Waals surface area contributed by atoms with Gasteiger partial charge in [-0.2, -0.15) is 0 Å². The lowest BCUT2D eigenvalue weighted by molar-refractivity contribution is -0.129. The van der Waals surface area contributed by atoms with Gasteiger partial charge >= 0.3 is 0 Å². The zero-order chi connectivity index (χ0) is 13.7. The van der Waals surface area contributed by atoms with E-state index in [1.807, 2.05) is 4.90 Å². The van der Waals surface area contributed by atoms with Gasteiger partial charge in [-0.1, -0.05) is 29.8 Å². The molecule has 1 aromatic carbocycles. The molecule has 0 spiro atoms. The number of carbonyl (C=O) groups is 1. The fourth-order valence-electron chi connectivity index (χ4n) is 2.39. The van der Waals surface area contributed by atoms with Crippen molar-refractivity contribution in [2.45, 2.75) is 31.6 Å². The molecule has 2 rings (SSSR count). The number of piperidine rings is 1. The fourth-order valence-corrected chi connectivity index (χ4v) is 3.26. The van der Waals surface area contributed by atoms with Crippen LogP contribution in [0.15, 0.2) is 24.3 Å². The van der Waals surface area contributed by atoms with Crippen LogP contribution in [0.5, 0.6) is 0 Å². The molecule has 1 heterocycles. The van der Waals surface area contributed by atoms with E-state index in [9.17, 15) is 4.79 Å². The maximum atomic E-state index is 12.1. The number of hydrogen-bond donors (Lipinski definition) is 1. The van der Waals surface area contributed by atoms with Crippen molar-refractivity contribution < 1.29 is 4.79 Å². The number of nitrogens with two attached hydrogens (primary N) is 1. The Labute approximate surface area is 131 Å². The molecule has 1 unspecified atom stereocenters. The van der Waals surface area contributed by atoms with Crippen LogP contribution in [-0.2, 0) is 10.5 Å². The van der Waals surface area contributed by atoms with E-state index in [1.54, 1.807) is 11.8 Å². The van der Waals surface area contributed by atoms with Gasteiger partial charge in [-0.25, -0.2) is 0 Å². The molecular weight excluding hydrogens is 292 g/mol. The van der Waals surface area contributed by atoms with E-state index in [2.05, 4.69) is 31.2 Å². The van der Waals surface area contributed by atoms with Gasteiger partial charge in [-0.05, 0) is 25.3 Å². The van der Waals surface area contributed by atoms with E-state index in [-0.39, 0.29) is 24.4 Å². The van der Waals surface area contributed by atoms with Gasteiger partial charge in [-0.3, -0.25) is 4.79 Å². The van der Waals surface area contributed by atoms with E-state index in [4.69, 9.17) is 5.73 Å². The van der Waals surface area contributed by atoms with Crippen molar-refractivity contribution in [2.24, 2.45) is 5.73 Å². The summed E-state index contributed by atoms with van der Waals surface area (Å²) in [5.74, 6) is 1.68. The van der Waals surface area contributed by atoms with Gasteiger partial charge in [0.1, 0.15) is 0 Å². The SMILES string of the molecule is Cc1cccc(CSCC(=O)N2CCCC(N)C2)c1.Cl. The third-order valence-electron chi connectivity index (χ3n) is 3.39. The monoisotopic (exact) mass is 314 g/mol. The van der Waals surface area contributed by atoms with Crippen LogP contribution in [0.4, 0.5) is 0 Å². The van der Waals surface area contributed by atoms with Gasteiger partial charge in [0.15, 0.2) is 0 Å². The average molecular weight is 315 g/mol. The predicted molar refractivity (Wildman–Crippen MR) is 88.4 cm³/mol. The third kappa shape index (κ3) is 5.35. The number of likely N-dealkylation sites (tertiary alicyclic amines) is 1. The second-order valence-electron chi connectivity index (χ2n) is 5.22. The highest BCUT2D eigenvalue weighted by Crippen LogP contribution is 2.15. The van der Waals surface area contributed by atoms with Crippen LogP contribution in [-0.4, -0.2) is 35.7 Å². The quantitative estimate of drug-likeness (QED) is 0.929. The molecule has 1 aliphatic heterocycles. The lowest BCUT2D eigenvalue weighted by Crippen LogP contribution is -2.46. The number of thioether (sulfide) groups is 1. The molecule has 112 valence electrons. The number of benzene rings is 1. The number of halogens is 1. The van der Waals surface area contributed by atoms with Gasteiger partial charge < -0.3 is 10.6 Å².